The van der Waals surface area contributed by atoms with Crippen LogP contribution < -0.4 is 9.47 Å². The molecule has 0 saturated carbocycles. The number of aromatic hydroxyl groups is 1. The molecule has 0 radical (unpaired) electrons. The maximum Gasteiger partial charge on any atom is 0.131 e. The van der Waals surface area contributed by atoms with Gasteiger partial charge >= 0.3 is 0 Å². The lowest BCUT2D eigenvalue weighted by atomic mass is 9.88. The van der Waals surface area contributed by atoms with Gasteiger partial charge in [-0.3, -0.25) is 4.98 Å². The van der Waals surface area contributed by atoms with Gasteiger partial charge in [-0.1, -0.05) is 30.3 Å². The van der Waals surface area contributed by atoms with Crippen LogP contribution >= 0.6 is 0 Å². The van der Waals surface area contributed by atoms with E-state index in [0.29, 0.717) is 18.3 Å². The summed E-state index contributed by atoms with van der Waals surface area (Å²) < 4.78 is 11.6. The molecule has 0 spiro atoms. The molecule has 1 aromatic heterocycles. The lowest BCUT2D eigenvalue weighted by Gasteiger charge is -2.32. The molecule has 1 saturated heterocycles. The van der Waals surface area contributed by atoms with Gasteiger partial charge in [-0.15, -0.1) is 0 Å². The summed E-state index contributed by atoms with van der Waals surface area (Å²) in [5.74, 6) is 2.56. The van der Waals surface area contributed by atoms with Gasteiger partial charge in [0, 0.05) is 23.9 Å². The van der Waals surface area contributed by atoms with Gasteiger partial charge in [-0.2, -0.15) is 0 Å². The Hall–Kier alpha value is -3.31. The third kappa shape index (κ3) is 4.60. The number of hydrogen-bond acceptors (Lipinski definition) is 5. The second-order valence-corrected chi connectivity index (χ2v) is 8.73. The zero-order chi connectivity index (χ0) is 22.6. The first kappa shape index (κ1) is 21.5. The summed E-state index contributed by atoms with van der Waals surface area (Å²) in [5, 5.41) is 10.2. The number of para-hydroxylation sites is 1. The molecular weight excluding hydrogens is 412 g/mol. The number of benzene rings is 2. The molecule has 0 bridgehead atoms. The van der Waals surface area contributed by atoms with E-state index in [1.165, 1.54) is 0 Å². The maximum absolute atomic E-state index is 10.2. The predicted molar refractivity (Wildman–Crippen MR) is 130 cm³/mol. The fourth-order valence-electron chi connectivity index (χ4n) is 4.97. The molecule has 1 fully saturated rings. The number of piperidine rings is 1. The number of phenolic OH excluding ortho intramolecular Hbond substituents is 1. The molecule has 2 aliphatic rings. The highest BCUT2D eigenvalue weighted by molar-refractivity contribution is 5.85. The van der Waals surface area contributed by atoms with Crippen LogP contribution in [0.15, 0.2) is 66.9 Å². The highest BCUT2D eigenvalue weighted by atomic mass is 16.5. The van der Waals surface area contributed by atoms with Gasteiger partial charge in [-0.05, 0) is 79.7 Å². The molecule has 0 unspecified atom stereocenters. The maximum atomic E-state index is 10.2. The van der Waals surface area contributed by atoms with Gasteiger partial charge in [0.2, 0.25) is 0 Å². The van der Waals surface area contributed by atoms with Crippen molar-refractivity contribution < 1.29 is 14.6 Å². The number of ether oxygens (including phenoxy) is 2. The van der Waals surface area contributed by atoms with Crippen LogP contribution in [-0.2, 0) is 6.61 Å². The zero-order valence-electron chi connectivity index (χ0n) is 19.0. The summed E-state index contributed by atoms with van der Waals surface area (Å²) in [4.78, 5) is 7.09. The second kappa shape index (κ2) is 9.67. The number of nitrogens with zero attached hydrogens (tertiary/aromatic N) is 2. The van der Waals surface area contributed by atoms with Gasteiger partial charge in [0.25, 0.3) is 0 Å². The van der Waals surface area contributed by atoms with E-state index in [2.05, 4.69) is 34.2 Å². The number of methoxy groups -OCH3 is 1. The number of likely N-dealkylation sites (tertiary alicyclic amines) is 1. The van der Waals surface area contributed by atoms with Crippen LogP contribution in [0.2, 0.25) is 0 Å². The molecular formula is C28H30N2O3. The summed E-state index contributed by atoms with van der Waals surface area (Å²) in [6.07, 6.45) is 7.25. The first-order chi connectivity index (χ1) is 16.2. The van der Waals surface area contributed by atoms with E-state index in [-0.39, 0.29) is 0 Å². The molecule has 2 aromatic carbocycles. The molecule has 33 heavy (non-hydrogen) atoms. The summed E-state index contributed by atoms with van der Waals surface area (Å²) >= 11 is 0. The largest absolute Gasteiger partial charge is 0.508 e. The molecule has 0 atom stereocenters. The Morgan fingerprint density at radius 2 is 1.94 bits per heavy atom. The smallest absolute Gasteiger partial charge is 0.131 e. The van der Waals surface area contributed by atoms with Crippen LogP contribution in [0, 0.1) is 0 Å². The Balaban J connectivity index is 1.31. The zero-order valence-corrected chi connectivity index (χ0v) is 19.0. The Morgan fingerprint density at radius 1 is 1.09 bits per heavy atom. The molecule has 0 amide bonds. The van der Waals surface area contributed by atoms with E-state index in [4.69, 9.17) is 9.47 Å². The van der Waals surface area contributed by atoms with Crippen LogP contribution in [-0.4, -0.2) is 41.7 Å². The SMILES string of the molecule is COc1ccc2c(c1)C(=CCCN1CCC(c3ccccc3O)CC1)c1cccnc1CO2. The molecule has 5 heteroatoms. The van der Waals surface area contributed by atoms with Gasteiger partial charge in [0.1, 0.15) is 23.9 Å². The van der Waals surface area contributed by atoms with Gasteiger partial charge in [0.15, 0.2) is 0 Å². The molecule has 0 aliphatic carbocycles. The average Bonchev–Trinajstić information content (AvgIpc) is 3.01. The monoisotopic (exact) mass is 442 g/mol. The Kier molecular flexibility index (Phi) is 6.31. The third-order valence-electron chi connectivity index (χ3n) is 6.78. The molecule has 3 heterocycles. The summed E-state index contributed by atoms with van der Waals surface area (Å²) in [6, 6.07) is 17.9. The number of fused-ring (bicyclic) bond motifs is 2. The lowest BCUT2D eigenvalue weighted by Crippen LogP contribution is -2.33. The number of aromatic nitrogens is 1. The van der Waals surface area contributed by atoms with Crippen LogP contribution in [0.5, 0.6) is 17.2 Å². The van der Waals surface area contributed by atoms with Crippen molar-refractivity contribution in [3.63, 3.8) is 0 Å². The van der Waals surface area contributed by atoms with Crippen molar-refractivity contribution in [1.82, 2.24) is 9.88 Å². The van der Waals surface area contributed by atoms with Crippen molar-refractivity contribution in [3.05, 3.63) is 89.3 Å². The van der Waals surface area contributed by atoms with E-state index < -0.39 is 0 Å². The molecule has 5 nitrogen and oxygen atoms in total. The minimum Gasteiger partial charge on any atom is -0.508 e. The Bertz CT molecular complexity index is 1150. The van der Waals surface area contributed by atoms with Gasteiger partial charge in [-0.25, -0.2) is 0 Å². The van der Waals surface area contributed by atoms with Gasteiger partial charge in [0.05, 0.1) is 12.8 Å². The molecule has 1 N–H and O–H groups in total. The third-order valence-corrected chi connectivity index (χ3v) is 6.78. The lowest BCUT2D eigenvalue weighted by molar-refractivity contribution is 0.214. The summed E-state index contributed by atoms with van der Waals surface area (Å²) in [5.41, 5.74) is 5.39. The van der Waals surface area contributed by atoms with Crippen molar-refractivity contribution in [2.75, 3.05) is 26.7 Å². The number of pyridine rings is 1. The van der Waals surface area contributed by atoms with E-state index in [1.54, 1.807) is 13.2 Å². The van der Waals surface area contributed by atoms with E-state index >= 15 is 0 Å². The highest BCUT2D eigenvalue weighted by Crippen LogP contribution is 2.38. The van der Waals surface area contributed by atoms with Gasteiger partial charge < -0.3 is 19.5 Å². The van der Waals surface area contributed by atoms with Crippen molar-refractivity contribution >= 4 is 5.57 Å². The summed E-state index contributed by atoms with van der Waals surface area (Å²) in [7, 11) is 1.69. The number of rotatable bonds is 5. The summed E-state index contributed by atoms with van der Waals surface area (Å²) in [6.45, 7) is 3.57. The van der Waals surface area contributed by atoms with Crippen molar-refractivity contribution in [2.45, 2.75) is 31.8 Å². The number of phenols is 1. The normalized spacial score (nSPS) is 17.7. The van der Waals surface area contributed by atoms with Crippen molar-refractivity contribution in [1.29, 1.82) is 0 Å². The Morgan fingerprint density at radius 3 is 2.76 bits per heavy atom. The van der Waals surface area contributed by atoms with Crippen molar-refractivity contribution in [3.8, 4) is 17.2 Å². The molecule has 3 aromatic rings. The van der Waals surface area contributed by atoms with Crippen LogP contribution in [0.1, 0.15) is 47.6 Å². The van der Waals surface area contributed by atoms with Crippen LogP contribution in [0.3, 0.4) is 0 Å². The molecule has 2 aliphatic heterocycles. The van der Waals surface area contributed by atoms with E-state index in [9.17, 15) is 5.11 Å². The van der Waals surface area contributed by atoms with E-state index in [0.717, 1.165) is 78.4 Å². The fourth-order valence-corrected chi connectivity index (χ4v) is 4.97. The standard InChI is InChI=1S/C28H30N2O3/c1-32-21-10-11-28-25(18-21)23(24-7-4-14-29-26(24)19-33-28)8-5-15-30-16-12-20(13-17-30)22-6-2-3-9-27(22)31/h2-4,6-11,14,18,20,31H,5,12-13,15-17,19H2,1H3. The highest BCUT2D eigenvalue weighted by Gasteiger charge is 2.23. The quantitative estimate of drug-likeness (QED) is 0.574. The fraction of sp³-hybridized carbons (Fsp3) is 0.321. The molecule has 170 valence electrons. The van der Waals surface area contributed by atoms with E-state index in [1.807, 2.05) is 36.5 Å². The van der Waals surface area contributed by atoms with Crippen molar-refractivity contribution in [2.24, 2.45) is 0 Å². The van der Waals surface area contributed by atoms with Crippen LogP contribution in [0.4, 0.5) is 0 Å². The predicted octanol–water partition coefficient (Wildman–Crippen LogP) is 5.39. The second-order valence-electron chi connectivity index (χ2n) is 8.73. The molecule has 5 rings (SSSR count). The number of hydrogen-bond donors (Lipinski definition) is 1. The Labute approximate surface area is 195 Å². The minimum atomic E-state index is 0.428. The first-order valence-corrected chi connectivity index (χ1v) is 11.7. The minimum absolute atomic E-state index is 0.428. The average molecular weight is 443 g/mol. The topological polar surface area (TPSA) is 54.8 Å². The first-order valence-electron chi connectivity index (χ1n) is 11.7. The van der Waals surface area contributed by atoms with Crippen LogP contribution in [0.25, 0.3) is 5.57 Å².